The van der Waals surface area contributed by atoms with Crippen LogP contribution in [0.5, 0.6) is 0 Å². The minimum Gasteiger partial charge on any atom is -0.352 e. The van der Waals surface area contributed by atoms with Gasteiger partial charge in [-0.25, -0.2) is 0 Å². The smallest absolute Gasteiger partial charge is 0.251 e. The van der Waals surface area contributed by atoms with E-state index in [1.165, 1.54) is 0 Å². The van der Waals surface area contributed by atoms with Crippen LogP contribution in [-0.4, -0.2) is 43.0 Å². The van der Waals surface area contributed by atoms with Crippen LogP contribution in [0.2, 0.25) is 0 Å². The van der Waals surface area contributed by atoms with Gasteiger partial charge in [-0.2, -0.15) is 0 Å². The van der Waals surface area contributed by atoms with Gasteiger partial charge in [-0.1, -0.05) is 0 Å². The lowest BCUT2D eigenvalue weighted by molar-refractivity contribution is 0.0952. The average molecular weight is 244 g/mol. The van der Waals surface area contributed by atoms with Crippen LogP contribution in [0.25, 0.3) is 0 Å². The predicted octanol–water partition coefficient (Wildman–Crippen LogP) is 1.18. The Balaban J connectivity index is 0.00000225. The van der Waals surface area contributed by atoms with E-state index in [-0.39, 0.29) is 18.3 Å². The van der Waals surface area contributed by atoms with E-state index >= 15 is 0 Å². The summed E-state index contributed by atoms with van der Waals surface area (Å²) in [5.41, 5.74) is 0.662. The van der Waals surface area contributed by atoms with Gasteiger partial charge in [0.25, 0.3) is 5.91 Å². The third-order valence-electron chi connectivity index (χ3n) is 2.01. The van der Waals surface area contributed by atoms with Crippen LogP contribution >= 0.6 is 12.4 Å². The molecule has 1 aromatic rings. The third-order valence-corrected chi connectivity index (χ3v) is 2.01. The molecule has 0 saturated carbocycles. The summed E-state index contributed by atoms with van der Waals surface area (Å²) in [7, 11) is 4.04. The first kappa shape index (κ1) is 14.9. The Morgan fingerprint density at radius 2 is 2.00 bits per heavy atom. The van der Waals surface area contributed by atoms with Crippen molar-refractivity contribution in [2.45, 2.75) is 6.42 Å². The highest BCUT2D eigenvalue weighted by Gasteiger charge is 2.02. The van der Waals surface area contributed by atoms with Gasteiger partial charge in [0.1, 0.15) is 0 Å². The quantitative estimate of drug-likeness (QED) is 0.791. The summed E-state index contributed by atoms with van der Waals surface area (Å²) >= 11 is 0. The Kier molecular flexibility index (Phi) is 7.50. The Morgan fingerprint density at radius 3 is 2.56 bits per heavy atom. The van der Waals surface area contributed by atoms with Crippen LogP contribution in [0, 0.1) is 0 Å². The van der Waals surface area contributed by atoms with Crippen LogP contribution < -0.4 is 5.32 Å². The minimum atomic E-state index is -0.0313. The molecule has 0 unspecified atom stereocenters. The maximum absolute atomic E-state index is 11.5. The van der Waals surface area contributed by atoms with Gasteiger partial charge in [0, 0.05) is 24.5 Å². The number of hydrogen-bond acceptors (Lipinski definition) is 3. The van der Waals surface area contributed by atoms with Crippen LogP contribution in [0.15, 0.2) is 24.5 Å². The molecular formula is C11H18ClN3O. The molecule has 4 nitrogen and oxygen atoms in total. The van der Waals surface area contributed by atoms with Crippen LogP contribution in [0.3, 0.4) is 0 Å². The van der Waals surface area contributed by atoms with Crippen molar-refractivity contribution in [3.05, 3.63) is 30.1 Å². The van der Waals surface area contributed by atoms with E-state index in [1.807, 2.05) is 14.1 Å². The van der Waals surface area contributed by atoms with Gasteiger partial charge in [-0.15, -0.1) is 12.4 Å². The van der Waals surface area contributed by atoms with Crippen LogP contribution in [0.1, 0.15) is 16.8 Å². The molecule has 0 radical (unpaired) electrons. The van der Waals surface area contributed by atoms with Crippen LogP contribution in [-0.2, 0) is 0 Å². The highest BCUT2D eigenvalue weighted by atomic mass is 35.5. The van der Waals surface area contributed by atoms with E-state index in [9.17, 15) is 4.79 Å². The zero-order valence-corrected chi connectivity index (χ0v) is 10.5. The summed E-state index contributed by atoms with van der Waals surface area (Å²) < 4.78 is 0. The maximum Gasteiger partial charge on any atom is 0.251 e. The minimum absolute atomic E-state index is 0. The van der Waals surface area contributed by atoms with E-state index < -0.39 is 0 Å². The summed E-state index contributed by atoms with van der Waals surface area (Å²) in [6.07, 6.45) is 4.20. The number of amides is 1. The van der Waals surface area contributed by atoms with E-state index in [0.29, 0.717) is 12.1 Å². The Morgan fingerprint density at radius 1 is 1.38 bits per heavy atom. The van der Waals surface area contributed by atoms with Crippen molar-refractivity contribution in [3.63, 3.8) is 0 Å². The molecule has 1 N–H and O–H groups in total. The van der Waals surface area contributed by atoms with Crippen LogP contribution in [0.4, 0.5) is 0 Å². The topological polar surface area (TPSA) is 45.2 Å². The van der Waals surface area contributed by atoms with Gasteiger partial charge >= 0.3 is 0 Å². The second kappa shape index (κ2) is 8.07. The molecule has 0 aliphatic rings. The summed E-state index contributed by atoms with van der Waals surface area (Å²) in [6, 6.07) is 3.42. The molecule has 1 aromatic heterocycles. The van der Waals surface area contributed by atoms with Gasteiger partial charge in [0.05, 0.1) is 0 Å². The third kappa shape index (κ3) is 5.68. The van der Waals surface area contributed by atoms with E-state index in [2.05, 4.69) is 15.2 Å². The number of carbonyl (C=O) groups is 1. The van der Waals surface area contributed by atoms with Crippen molar-refractivity contribution >= 4 is 18.3 Å². The monoisotopic (exact) mass is 243 g/mol. The molecule has 0 saturated heterocycles. The van der Waals surface area contributed by atoms with Gasteiger partial charge < -0.3 is 10.2 Å². The van der Waals surface area contributed by atoms with Gasteiger partial charge in [-0.3, -0.25) is 9.78 Å². The second-order valence-corrected chi connectivity index (χ2v) is 3.65. The number of nitrogens with one attached hydrogen (secondary N) is 1. The average Bonchev–Trinajstić information content (AvgIpc) is 2.25. The lowest BCUT2D eigenvalue weighted by Crippen LogP contribution is -2.27. The summed E-state index contributed by atoms with van der Waals surface area (Å²) in [5.74, 6) is -0.0313. The molecule has 0 aliphatic heterocycles. The Labute approximate surface area is 102 Å². The molecule has 16 heavy (non-hydrogen) atoms. The molecule has 5 heteroatoms. The highest BCUT2D eigenvalue weighted by Crippen LogP contribution is 1.95. The van der Waals surface area contributed by atoms with E-state index in [1.54, 1.807) is 24.5 Å². The molecule has 0 aromatic carbocycles. The van der Waals surface area contributed by atoms with E-state index in [4.69, 9.17) is 0 Å². The molecule has 0 aliphatic carbocycles. The number of carbonyl (C=O) groups excluding carboxylic acids is 1. The normalized spacial score (nSPS) is 9.69. The lowest BCUT2D eigenvalue weighted by Gasteiger charge is -2.09. The molecule has 1 rings (SSSR count). The molecule has 1 amide bonds. The first-order chi connectivity index (χ1) is 7.20. The molecule has 0 fully saturated rings. The number of halogens is 1. The highest BCUT2D eigenvalue weighted by molar-refractivity contribution is 5.93. The molecule has 0 spiro atoms. The molecule has 0 bridgehead atoms. The van der Waals surface area contributed by atoms with Crippen molar-refractivity contribution < 1.29 is 4.79 Å². The Hall–Kier alpha value is -1.13. The van der Waals surface area contributed by atoms with Crippen molar-refractivity contribution in [2.24, 2.45) is 0 Å². The second-order valence-electron chi connectivity index (χ2n) is 3.65. The zero-order valence-electron chi connectivity index (χ0n) is 9.64. The summed E-state index contributed by atoms with van der Waals surface area (Å²) in [4.78, 5) is 17.5. The number of pyridine rings is 1. The number of hydrogen-bond donors (Lipinski definition) is 1. The summed E-state index contributed by atoms with van der Waals surface area (Å²) in [5, 5.41) is 2.86. The van der Waals surface area contributed by atoms with E-state index in [0.717, 1.165) is 13.0 Å². The molecule has 0 atom stereocenters. The maximum atomic E-state index is 11.5. The van der Waals surface area contributed by atoms with Gasteiger partial charge in [0.15, 0.2) is 0 Å². The molecular weight excluding hydrogens is 226 g/mol. The first-order valence-corrected chi connectivity index (χ1v) is 5.03. The van der Waals surface area contributed by atoms with Crippen molar-refractivity contribution in [1.29, 1.82) is 0 Å². The lowest BCUT2D eigenvalue weighted by atomic mass is 10.2. The summed E-state index contributed by atoms with van der Waals surface area (Å²) in [6.45, 7) is 1.69. The fraction of sp³-hybridized carbons (Fsp3) is 0.455. The van der Waals surface area contributed by atoms with Gasteiger partial charge in [-0.05, 0) is 39.2 Å². The zero-order chi connectivity index (χ0) is 11.1. The number of aromatic nitrogens is 1. The largest absolute Gasteiger partial charge is 0.352 e. The number of rotatable bonds is 5. The van der Waals surface area contributed by atoms with Crippen molar-refractivity contribution in [1.82, 2.24) is 15.2 Å². The SMILES string of the molecule is CN(C)CCCNC(=O)c1ccncc1.Cl. The predicted molar refractivity (Wildman–Crippen MR) is 67.0 cm³/mol. The van der Waals surface area contributed by atoms with Gasteiger partial charge in [0.2, 0.25) is 0 Å². The number of nitrogens with zero attached hydrogens (tertiary/aromatic N) is 2. The van der Waals surface area contributed by atoms with Crippen molar-refractivity contribution in [2.75, 3.05) is 27.2 Å². The Bertz CT molecular complexity index is 303. The molecule has 90 valence electrons. The first-order valence-electron chi connectivity index (χ1n) is 5.03. The fourth-order valence-electron chi connectivity index (χ4n) is 1.20. The molecule has 1 heterocycles. The fourth-order valence-corrected chi connectivity index (χ4v) is 1.20. The standard InChI is InChI=1S/C11H17N3O.ClH/c1-14(2)9-3-6-13-11(15)10-4-7-12-8-5-10;/h4-5,7-8H,3,6,9H2,1-2H3,(H,13,15);1H. The van der Waals surface area contributed by atoms with Crippen molar-refractivity contribution in [3.8, 4) is 0 Å².